The van der Waals surface area contributed by atoms with Gasteiger partial charge in [-0.15, -0.1) is 12.4 Å². The third kappa shape index (κ3) is 12.2. The molecule has 0 aliphatic rings. The largest absolute Gasteiger partial charge is 0.464 e. The smallest absolute Gasteiger partial charge is 0.340 e. The normalized spacial score (nSPS) is 9.65. The highest BCUT2D eigenvalue weighted by Gasteiger charge is 2.31. The molecule has 0 saturated carbocycles. The van der Waals surface area contributed by atoms with Crippen molar-refractivity contribution in [3.63, 3.8) is 0 Å². The Labute approximate surface area is 205 Å². The molecule has 3 N–H and O–H groups in total. The first kappa shape index (κ1) is 33.0. The van der Waals surface area contributed by atoms with Gasteiger partial charge in [-0.1, -0.05) is 17.7 Å². The molecule has 0 aliphatic heterocycles. The fourth-order valence-electron chi connectivity index (χ4n) is 2.14. The zero-order valence-corrected chi connectivity index (χ0v) is 20.8. The van der Waals surface area contributed by atoms with Crippen molar-refractivity contribution in [3.05, 3.63) is 35.4 Å². The van der Waals surface area contributed by atoms with Gasteiger partial charge in [0.25, 0.3) is 5.91 Å². The Bertz CT molecular complexity index is 764. The van der Waals surface area contributed by atoms with E-state index >= 15 is 0 Å². The second-order valence-electron chi connectivity index (χ2n) is 6.26. The van der Waals surface area contributed by atoms with Crippen LogP contribution in [0.25, 0.3) is 0 Å². The van der Waals surface area contributed by atoms with Crippen molar-refractivity contribution in [1.82, 2.24) is 5.32 Å². The summed E-state index contributed by atoms with van der Waals surface area (Å²) in [7, 11) is 0. The first-order chi connectivity index (χ1) is 15.6. The van der Waals surface area contributed by atoms with E-state index in [0.717, 1.165) is 5.56 Å². The van der Waals surface area contributed by atoms with Gasteiger partial charge in [0.2, 0.25) is 12.1 Å². The van der Waals surface area contributed by atoms with Crippen molar-refractivity contribution < 1.29 is 42.9 Å². The molecule has 0 saturated heterocycles. The number of rotatable bonds is 10. The van der Waals surface area contributed by atoms with E-state index < -0.39 is 41.9 Å². The lowest BCUT2D eigenvalue weighted by atomic mass is 10.1. The molecule has 0 bridgehead atoms. The molecule has 0 aliphatic carbocycles. The molecule has 1 aromatic rings. The van der Waals surface area contributed by atoms with Crippen LogP contribution < -0.4 is 11.1 Å². The molecule has 11 nitrogen and oxygen atoms in total. The van der Waals surface area contributed by atoms with E-state index in [1.807, 2.05) is 6.92 Å². The van der Waals surface area contributed by atoms with Crippen molar-refractivity contribution >= 4 is 42.2 Å². The number of nitrogens with one attached hydrogen (secondary N) is 1. The lowest BCUT2D eigenvalue weighted by Crippen LogP contribution is -2.48. The molecular weight excluding hydrogens is 472 g/mol. The lowest BCUT2D eigenvalue weighted by Gasteiger charge is -2.15. The highest BCUT2D eigenvalue weighted by atomic mass is 35.5. The molecule has 0 heterocycles. The van der Waals surface area contributed by atoms with E-state index in [4.69, 9.17) is 15.2 Å². The summed E-state index contributed by atoms with van der Waals surface area (Å²) in [5, 5.41) is 2.33. The number of esters is 4. The number of hydrogen-bond donors (Lipinski definition) is 2. The SMILES string of the molecule is CCOC(=O)C(N)C(=O)OCC.CCOC(=O)C(NC(=O)c1ccc(C)cc1)C(=O)OCC.Cl. The van der Waals surface area contributed by atoms with Gasteiger partial charge in [0.15, 0.2) is 0 Å². The Morgan fingerprint density at radius 1 is 0.735 bits per heavy atom. The molecule has 1 amide bonds. The topological polar surface area (TPSA) is 160 Å². The average molecular weight is 505 g/mol. The minimum Gasteiger partial charge on any atom is -0.464 e. The molecular formula is C22H33ClN2O9. The quantitative estimate of drug-likeness (QED) is 0.268. The molecule has 0 aromatic heterocycles. The summed E-state index contributed by atoms with van der Waals surface area (Å²) in [6, 6.07) is 3.97. The highest BCUT2D eigenvalue weighted by Crippen LogP contribution is 2.04. The Balaban J connectivity index is 0. The summed E-state index contributed by atoms with van der Waals surface area (Å²) in [5.74, 6) is -3.72. The summed E-state index contributed by atoms with van der Waals surface area (Å²) < 4.78 is 18.6. The third-order valence-electron chi connectivity index (χ3n) is 3.71. The Morgan fingerprint density at radius 2 is 1.09 bits per heavy atom. The van der Waals surface area contributed by atoms with Crippen molar-refractivity contribution in [2.45, 2.75) is 46.7 Å². The molecule has 0 fully saturated rings. The van der Waals surface area contributed by atoms with Gasteiger partial charge < -0.3 is 30.0 Å². The minimum absolute atomic E-state index is 0. The lowest BCUT2D eigenvalue weighted by molar-refractivity contribution is -0.158. The summed E-state index contributed by atoms with van der Waals surface area (Å²) in [4.78, 5) is 57.2. The second kappa shape index (κ2) is 18.3. The third-order valence-corrected chi connectivity index (χ3v) is 3.71. The van der Waals surface area contributed by atoms with Gasteiger partial charge in [0.1, 0.15) is 0 Å². The van der Waals surface area contributed by atoms with E-state index in [2.05, 4.69) is 14.8 Å². The number of carbonyl (C=O) groups excluding carboxylic acids is 5. The molecule has 0 atom stereocenters. The van der Waals surface area contributed by atoms with E-state index in [1.165, 1.54) is 0 Å². The molecule has 192 valence electrons. The van der Waals surface area contributed by atoms with Crippen LogP contribution in [0, 0.1) is 6.92 Å². The van der Waals surface area contributed by atoms with E-state index in [9.17, 15) is 24.0 Å². The molecule has 34 heavy (non-hydrogen) atoms. The fraction of sp³-hybridized carbons (Fsp3) is 0.500. The van der Waals surface area contributed by atoms with E-state index in [-0.39, 0.29) is 38.8 Å². The van der Waals surface area contributed by atoms with Crippen LogP contribution in [0.15, 0.2) is 24.3 Å². The summed E-state index contributed by atoms with van der Waals surface area (Å²) in [6.45, 7) is 9.00. The van der Waals surface area contributed by atoms with Crippen molar-refractivity contribution in [3.8, 4) is 0 Å². The Hall–Kier alpha value is -3.18. The van der Waals surface area contributed by atoms with Gasteiger partial charge in [-0.05, 0) is 46.8 Å². The molecule has 12 heteroatoms. The van der Waals surface area contributed by atoms with Gasteiger partial charge >= 0.3 is 23.9 Å². The number of ether oxygens (including phenoxy) is 4. The van der Waals surface area contributed by atoms with Crippen LogP contribution >= 0.6 is 12.4 Å². The predicted molar refractivity (Wildman–Crippen MR) is 124 cm³/mol. The van der Waals surface area contributed by atoms with Crippen LogP contribution in [-0.2, 0) is 38.1 Å². The minimum atomic E-state index is -1.46. The summed E-state index contributed by atoms with van der Waals surface area (Å²) in [5.41, 5.74) is 6.53. The number of halogens is 1. The first-order valence-corrected chi connectivity index (χ1v) is 10.4. The average Bonchev–Trinajstić information content (AvgIpc) is 2.78. The number of nitrogens with two attached hydrogens (primary N) is 1. The molecule has 1 rings (SSSR count). The predicted octanol–water partition coefficient (Wildman–Crippen LogP) is 1.08. The van der Waals surface area contributed by atoms with Crippen LogP contribution in [0.4, 0.5) is 0 Å². The first-order valence-electron chi connectivity index (χ1n) is 10.4. The van der Waals surface area contributed by atoms with Gasteiger partial charge in [0, 0.05) is 5.56 Å². The standard InChI is InChI=1S/C15H19NO5.C7H13NO4.ClH/c1-4-20-14(18)12(15(19)21-5-2)16-13(17)11-8-6-10(3)7-9-11;1-3-11-6(9)5(8)7(10)12-4-2;/h6-9,12H,4-5H2,1-3H3,(H,16,17);5H,3-4,8H2,1-2H3;1H. The Morgan fingerprint density at radius 3 is 1.44 bits per heavy atom. The highest BCUT2D eigenvalue weighted by molar-refractivity contribution is 6.05. The van der Waals surface area contributed by atoms with Gasteiger partial charge in [-0.2, -0.15) is 0 Å². The zero-order chi connectivity index (χ0) is 25.4. The molecule has 1 aromatic carbocycles. The van der Waals surface area contributed by atoms with Crippen molar-refractivity contribution in [1.29, 1.82) is 0 Å². The van der Waals surface area contributed by atoms with E-state index in [0.29, 0.717) is 5.56 Å². The van der Waals surface area contributed by atoms with E-state index in [1.54, 1.807) is 52.0 Å². The maximum Gasteiger partial charge on any atom is 0.340 e. The summed E-state index contributed by atoms with van der Waals surface area (Å²) >= 11 is 0. The van der Waals surface area contributed by atoms with Crippen molar-refractivity contribution in [2.75, 3.05) is 26.4 Å². The second-order valence-corrected chi connectivity index (χ2v) is 6.26. The molecule has 0 radical (unpaired) electrons. The number of hydrogen-bond acceptors (Lipinski definition) is 10. The van der Waals surface area contributed by atoms with Crippen molar-refractivity contribution in [2.24, 2.45) is 5.73 Å². The maximum atomic E-state index is 12.1. The number of benzene rings is 1. The molecule has 0 spiro atoms. The molecule has 0 unspecified atom stereocenters. The van der Waals surface area contributed by atoms with Gasteiger partial charge in [0.05, 0.1) is 26.4 Å². The number of amides is 1. The van der Waals surface area contributed by atoms with Crippen LogP contribution in [0.3, 0.4) is 0 Å². The van der Waals surface area contributed by atoms with Crippen LogP contribution in [0.1, 0.15) is 43.6 Å². The summed E-state index contributed by atoms with van der Waals surface area (Å²) in [6.07, 6.45) is 0. The fourth-order valence-corrected chi connectivity index (χ4v) is 2.14. The maximum absolute atomic E-state index is 12.1. The van der Waals surface area contributed by atoms with Gasteiger partial charge in [-0.3, -0.25) is 4.79 Å². The number of carbonyl (C=O) groups is 5. The van der Waals surface area contributed by atoms with Crippen LogP contribution in [0.5, 0.6) is 0 Å². The zero-order valence-electron chi connectivity index (χ0n) is 20.0. The monoisotopic (exact) mass is 504 g/mol. The van der Waals surface area contributed by atoms with Crippen LogP contribution in [0.2, 0.25) is 0 Å². The van der Waals surface area contributed by atoms with Crippen LogP contribution in [-0.4, -0.2) is 68.3 Å². The number of aryl methyl sites for hydroxylation is 1. The van der Waals surface area contributed by atoms with Gasteiger partial charge in [-0.25, -0.2) is 19.2 Å². The Kier molecular flexibility index (Phi) is 17.7.